The molecule has 3 nitrogen and oxygen atoms in total. The summed E-state index contributed by atoms with van der Waals surface area (Å²) in [6.07, 6.45) is 0. The quantitative estimate of drug-likeness (QED) is 0.182. The van der Waals surface area contributed by atoms with Gasteiger partial charge in [-0.3, -0.25) is 0 Å². The smallest absolute Gasteiger partial charge is 0.124 e. The molecule has 0 fully saturated rings. The Balaban J connectivity index is 1.13. The van der Waals surface area contributed by atoms with Crippen LogP contribution in [0.2, 0.25) is 0 Å². The van der Waals surface area contributed by atoms with E-state index >= 15 is 0 Å². The zero-order valence-electron chi connectivity index (χ0n) is 29.8. The number of benzene rings is 8. The Kier molecular flexibility index (Phi) is 6.00. The van der Waals surface area contributed by atoms with Gasteiger partial charge >= 0.3 is 0 Å². The molecule has 0 radical (unpaired) electrons. The molecular weight excluding hydrogens is 675 g/mol. The lowest BCUT2D eigenvalue weighted by Crippen LogP contribution is -2.16. The van der Waals surface area contributed by atoms with E-state index in [1.54, 1.807) is 11.3 Å². The predicted molar refractivity (Wildman–Crippen MR) is 229 cm³/mol. The normalized spacial score (nSPS) is 13.5. The van der Waals surface area contributed by atoms with Gasteiger partial charge < -0.3 is 9.30 Å². The van der Waals surface area contributed by atoms with Crippen LogP contribution in [0.5, 0.6) is 0 Å². The van der Waals surface area contributed by atoms with Crippen molar-refractivity contribution >= 4 is 87.5 Å². The highest BCUT2D eigenvalue weighted by atomic mass is 32.1. The summed E-state index contributed by atoms with van der Waals surface area (Å²) < 4.78 is 3.73. The zero-order valence-corrected chi connectivity index (χ0v) is 30.7. The van der Waals surface area contributed by atoms with Gasteiger partial charge in [0.2, 0.25) is 0 Å². The maximum Gasteiger partial charge on any atom is 0.124 e. The van der Waals surface area contributed by atoms with Crippen LogP contribution in [0, 0.1) is 0 Å². The number of thiazole rings is 1. The van der Waals surface area contributed by atoms with Crippen LogP contribution in [0.4, 0.5) is 17.1 Å². The van der Waals surface area contributed by atoms with Crippen LogP contribution < -0.4 is 4.90 Å². The van der Waals surface area contributed by atoms with E-state index in [0.717, 1.165) is 33.1 Å². The van der Waals surface area contributed by atoms with Gasteiger partial charge in [0.25, 0.3) is 0 Å². The average Bonchev–Trinajstić information content (AvgIpc) is 3.94. The second-order valence-electron chi connectivity index (χ2n) is 15.2. The zero-order chi connectivity index (χ0) is 35.7. The number of anilines is 3. The predicted octanol–water partition coefficient (Wildman–Crippen LogP) is 14.0. The van der Waals surface area contributed by atoms with Crippen molar-refractivity contribution in [2.24, 2.45) is 0 Å². The molecule has 254 valence electrons. The molecule has 0 amide bonds. The summed E-state index contributed by atoms with van der Waals surface area (Å²) in [5, 5.41) is 8.55. The van der Waals surface area contributed by atoms with Crippen molar-refractivity contribution in [2.45, 2.75) is 19.3 Å². The van der Waals surface area contributed by atoms with Gasteiger partial charge in [0.05, 0.1) is 26.8 Å². The van der Waals surface area contributed by atoms with Gasteiger partial charge in [-0.2, -0.15) is 0 Å². The second-order valence-corrected chi connectivity index (χ2v) is 16.2. The molecule has 0 bridgehead atoms. The van der Waals surface area contributed by atoms with E-state index < -0.39 is 0 Å². The number of fused-ring (bicyclic) bond motifs is 12. The molecule has 3 aromatic heterocycles. The van der Waals surface area contributed by atoms with Crippen LogP contribution in [0.1, 0.15) is 25.0 Å². The van der Waals surface area contributed by atoms with E-state index in [9.17, 15) is 0 Å². The Morgan fingerprint density at radius 2 is 1.22 bits per heavy atom. The highest BCUT2D eigenvalue weighted by Crippen LogP contribution is 2.52. The lowest BCUT2D eigenvalue weighted by Gasteiger charge is -2.28. The van der Waals surface area contributed by atoms with Gasteiger partial charge in [-0.15, -0.1) is 11.3 Å². The molecule has 3 heterocycles. The first-order valence-electron chi connectivity index (χ1n) is 18.6. The Morgan fingerprint density at radius 1 is 0.537 bits per heavy atom. The van der Waals surface area contributed by atoms with Crippen molar-refractivity contribution in [1.82, 2.24) is 9.38 Å². The van der Waals surface area contributed by atoms with Crippen molar-refractivity contribution in [3.05, 3.63) is 175 Å². The SMILES string of the molecule is CC1(C)c2ccccc2-c2ccc(N(c3ccc4ccccc4c3)c3ccc4c(c3)c3cc5nc(-c6ccccc6)sc5c5c6ccccc6n4c35)cc21. The fourth-order valence-corrected chi connectivity index (χ4v) is 10.5. The first kappa shape index (κ1) is 30.0. The van der Waals surface area contributed by atoms with Crippen LogP contribution in [0.3, 0.4) is 0 Å². The number of hydrogen-bond donors (Lipinski definition) is 0. The van der Waals surface area contributed by atoms with Crippen molar-refractivity contribution in [1.29, 1.82) is 0 Å². The monoisotopic (exact) mass is 707 g/mol. The van der Waals surface area contributed by atoms with E-state index in [-0.39, 0.29) is 5.41 Å². The van der Waals surface area contributed by atoms with Crippen LogP contribution in [-0.4, -0.2) is 9.38 Å². The summed E-state index contributed by atoms with van der Waals surface area (Å²) in [4.78, 5) is 7.72. The molecule has 0 saturated heterocycles. The molecule has 12 rings (SSSR count). The standard InChI is InChI=1S/C50H33N3S/c1-50(2)41-18-10-8-16-36(41)37-24-22-35(28-42(37)50)52(33-21-20-30-12-6-7-15-32(30)26-33)34-23-25-45-39(27-34)40-29-43-48(54-49(51-43)31-13-4-3-5-14-31)46-38-17-9-11-19-44(38)53(45)47(40)46/h3-29H,1-2H3. The van der Waals surface area contributed by atoms with Crippen molar-refractivity contribution in [3.63, 3.8) is 0 Å². The highest BCUT2D eigenvalue weighted by molar-refractivity contribution is 7.22. The van der Waals surface area contributed by atoms with E-state index in [0.29, 0.717) is 0 Å². The molecule has 4 heteroatoms. The van der Waals surface area contributed by atoms with E-state index in [1.165, 1.54) is 75.8 Å². The molecule has 0 atom stereocenters. The average molecular weight is 708 g/mol. The molecule has 11 aromatic rings. The third kappa shape index (κ3) is 4.03. The van der Waals surface area contributed by atoms with Gasteiger partial charge in [0.15, 0.2) is 0 Å². The molecule has 0 saturated carbocycles. The van der Waals surface area contributed by atoms with Crippen LogP contribution >= 0.6 is 11.3 Å². The fraction of sp³-hybridized carbons (Fsp3) is 0.0600. The minimum atomic E-state index is -0.104. The topological polar surface area (TPSA) is 20.5 Å². The van der Waals surface area contributed by atoms with Gasteiger partial charge in [0.1, 0.15) is 5.01 Å². The number of aromatic nitrogens is 2. The van der Waals surface area contributed by atoms with E-state index in [1.807, 2.05) is 0 Å². The Morgan fingerprint density at radius 3 is 2.13 bits per heavy atom. The minimum absolute atomic E-state index is 0.104. The Hall–Kier alpha value is -6.49. The molecule has 8 aromatic carbocycles. The van der Waals surface area contributed by atoms with Crippen LogP contribution in [0.15, 0.2) is 164 Å². The summed E-state index contributed by atoms with van der Waals surface area (Å²) in [5.41, 5.74) is 14.6. The highest BCUT2D eigenvalue weighted by Gasteiger charge is 2.36. The summed E-state index contributed by atoms with van der Waals surface area (Å²) in [6.45, 7) is 4.72. The molecular formula is C50H33N3S. The summed E-state index contributed by atoms with van der Waals surface area (Å²) in [5.74, 6) is 0. The number of nitrogens with zero attached hydrogens (tertiary/aromatic N) is 3. The number of rotatable bonds is 4. The van der Waals surface area contributed by atoms with Crippen molar-refractivity contribution in [2.75, 3.05) is 4.90 Å². The molecule has 0 aliphatic heterocycles. The molecule has 1 aliphatic carbocycles. The molecule has 0 spiro atoms. The maximum absolute atomic E-state index is 5.27. The minimum Gasteiger partial charge on any atom is -0.310 e. The van der Waals surface area contributed by atoms with Crippen LogP contribution in [-0.2, 0) is 5.41 Å². The molecule has 1 aliphatic rings. The second kappa shape index (κ2) is 10.8. The fourth-order valence-electron chi connectivity index (χ4n) is 9.37. The van der Waals surface area contributed by atoms with Gasteiger partial charge in [-0.25, -0.2) is 4.98 Å². The van der Waals surface area contributed by atoms with Crippen molar-refractivity contribution in [3.8, 4) is 21.7 Å². The van der Waals surface area contributed by atoms with Crippen molar-refractivity contribution < 1.29 is 0 Å². The third-order valence-electron chi connectivity index (χ3n) is 11.9. The number of hydrogen-bond acceptors (Lipinski definition) is 3. The lowest BCUT2D eigenvalue weighted by atomic mass is 9.82. The van der Waals surface area contributed by atoms with Gasteiger partial charge in [-0.1, -0.05) is 123 Å². The first-order chi connectivity index (χ1) is 26.5. The largest absolute Gasteiger partial charge is 0.310 e. The maximum atomic E-state index is 5.27. The van der Waals surface area contributed by atoms with E-state index in [2.05, 4.69) is 187 Å². The third-order valence-corrected chi connectivity index (χ3v) is 13.0. The van der Waals surface area contributed by atoms with Crippen LogP contribution in [0.25, 0.3) is 80.8 Å². The summed E-state index contributed by atoms with van der Waals surface area (Å²) in [6, 6.07) is 60.3. The lowest BCUT2D eigenvalue weighted by molar-refractivity contribution is 0.660. The Bertz CT molecular complexity index is 3310. The molecule has 54 heavy (non-hydrogen) atoms. The molecule has 0 N–H and O–H groups in total. The molecule has 0 unspecified atom stereocenters. The summed E-state index contributed by atoms with van der Waals surface area (Å²) in [7, 11) is 0. The first-order valence-corrected chi connectivity index (χ1v) is 19.4. The van der Waals surface area contributed by atoms with Gasteiger partial charge in [-0.05, 0) is 87.6 Å². The Labute approximate surface area is 316 Å². The summed E-state index contributed by atoms with van der Waals surface area (Å²) >= 11 is 1.80. The van der Waals surface area contributed by atoms with E-state index in [4.69, 9.17) is 4.98 Å². The van der Waals surface area contributed by atoms with Gasteiger partial charge in [0, 0.05) is 49.6 Å². The number of para-hydroxylation sites is 1.